The van der Waals surface area contributed by atoms with E-state index in [9.17, 15) is 18.2 Å². The topological polar surface area (TPSA) is 169 Å². The van der Waals surface area contributed by atoms with Gasteiger partial charge in [-0.3, -0.25) is 13.8 Å². The molecule has 2 aromatic heterocycles. The molecule has 0 spiro atoms. The lowest BCUT2D eigenvalue weighted by Crippen LogP contribution is -2.17. The molecule has 0 saturated heterocycles. The number of aryl methyl sites for hydroxylation is 1. The van der Waals surface area contributed by atoms with E-state index < -0.39 is 24.6 Å². The minimum Gasteiger partial charge on any atom is -0.455 e. The molecule has 0 bridgehead atoms. The number of sulfonamides is 1. The van der Waals surface area contributed by atoms with Gasteiger partial charge >= 0.3 is 7.82 Å². The first-order valence-corrected chi connectivity index (χ1v) is 14.3. The highest BCUT2D eigenvalue weighted by Gasteiger charge is 2.19. The van der Waals surface area contributed by atoms with Crippen LogP contribution in [-0.4, -0.2) is 32.6 Å². The molecule has 37 heavy (non-hydrogen) atoms. The van der Waals surface area contributed by atoms with Crippen molar-refractivity contribution in [2.45, 2.75) is 11.6 Å². The quantitative estimate of drug-likeness (QED) is 0.295. The van der Waals surface area contributed by atoms with Crippen molar-refractivity contribution in [3.8, 4) is 28.8 Å². The summed E-state index contributed by atoms with van der Waals surface area (Å²) >= 11 is 7.08. The maximum absolute atomic E-state index is 12.9. The Bertz CT molecular complexity index is 1730. The zero-order valence-corrected chi connectivity index (χ0v) is 22.1. The first-order chi connectivity index (χ1) is 17.5. The van der Waals surface area contributed by atoms with E-state index in [0.29, 0.717) is 22.0 Å². The summed E-state index contributed by atoms with van der Waals surface area (Å²) in [5, 5.41) is 15.8. The number of rotatable bonds is 8. The molecule has 0 atom stereocenters. The van der Waals surface area contributed by atoms with Gasteiger partial charge in [0.1, 0.15) is 24.3 Å². The molecule has 0 amide bonds. The van der Waals surface area contributed by atoms with E-state index in [1.165, 1.54) is 23.7 Å². The summed E-state index contributed by atoms with van der Waals surface area (Å²) in [4.78, 5) is 17.4. The van der Waals surface area contributed by atoms with Crippen LogP contribution in [0.4, 0.5) is 0 Å². The number of thiazole rings is 1. The van der Waals surface area contributed by atoms with E-state index in [-0.39, 0.29) is 21.0 Å². The molecule has 0 saturated carbocycles. The second-order valence-corrected chi connectivity index (χ2v) is 11.5. The van der Waals surface area contributed by atoms with Gasteiger partial charge in [0.15, 0.2) is 0 Å². The van der Waals surface area contributed by atoms with E-state index >= 15 is 0 Å². The zero-order valence-electron chi connectivity index (χ0n) is 18.8. The van der Waals surface area contributed by atoms with Crippen LogP contribution in [0.3, 0.4) is 0 Å². The zero-order chi connectivity index (χ0) is 26.8. The van der Waals surface area contributed by atoms with Crippen molar-refractivity contribution in [3.63, 3.8) is 0 Å². The summed E-state index contributed by atoms with van der Waals surface area (Å²) in [6.07, 6.45) is 2.97. The highest BCUT2D eigenvalue weighted by Crippen LogP contribution is 2.37. The normalized spacial score (nSPS) is 12.5. The molecule has 12 nitrogen and oxygen atoms in total. The molecule has 0 radical (unpaired) electrons. The number of hydrogen-bond donors (Lipinski definition) is 2. The first-order valence-electron chi connectivity index (χ1n) is 10.1. The monoisotopic (exact) mass is 581 g/mol. The van der Waals surface area contributed by atoms with Crippen molar-refractivity contribution in [2.75, 3.05) is 0 Å². The van der Waals surface area contributed by atoms with E-state index in [1.807, 2.05) is 6.07 Å². The van der Waals surface area contributed by atoms with Gasteiger partial charge in [-0.2, -0.15) is 18.8 Å². The van der Waals surface area contributed by atoms with Crippen LogP contribution in [0.5, 0.6) is 11.5 Å². The fourth-order valence-corrected chi connectivity index (χ4v) is 5.57. The Labute approximate surface area is 219 Å². The van der Waals surface area contributed by atoms with Crippen LogP contribution in [0.15, 0.2) is 69.5 Å². The number of aromatic nitrogens is 3. The number of ether oxygens (including phenoxy) is 1. The molecule has 16 heteroatoms. The third-order valence-electron chi connectivity index (χ3n) is 4.85. The average Bonchev–Trinajstić information content (AvgIpc) is 3.46. The summed E-state index contributed by atoms with van der Waals surface area (Å²) < 4.78 is 53.7. The Kier molecular flexibility index (Phi) is 7.67. The van der Waals surface area contributed by atoms with E-state index in [1.54, 1.807) is 42.2 Å². The van der Waals surface area contributed by atoms with Crippen molar-refractivity contribution in [3.05, 3.63) is 75.6 Å². The summed E-state index contributed by atoms with van der Waals surface area (Å²) in [6.45, 7) is -0.613. The molecule has 192 valence electrons. The van der Waals surface area contributed by atoms with Crippen LogP contribution < -0.4 is 9.54 Å². The van der Waals surface area contributed by atoms with Crippen molar-refractivity contribution >= 4 is 40.8 Å². The maximum atomic E-state index is 12.9. The lowest BCUT2D eigenvalue weighted by Gasteiger charge is -2.13. The van der Waals surface area contributed by atoms with Crippen LogP contribution in [0.2, 0.25) is 5.02 Å². The molecule has 0 aliphatic carbocycles. The van der Waals surface area contributed by atoms with Crippen LogP contribution in [0.25, 0.3) is 11.3 Å². The lowest BCUT2D eigenvalue weighted by atomic mass is 10.1. The predicted octanol–water partition coefficient (Wildman–Crippen LogP) is 3.62. The predicted molar refractivity (Wildman–Crippen MR) is 133 cm³/mol. The molecular weight excluding hydrogens is 565 g/mol. The molecule has 0 aliphatic heterocycles. The van der Waals surface area contributed by atoms with Gasteiger partial charge in [0.25, 0.3) is 10.0 Å². The Balaban J connectivity index is 1.68. The molecule has 0 fully saturated rings. The highest BCUT2D eigenvalue weighted by molar-refractivity contribution is 7.90. The average molecular weight is 582 g/mol. The van der Waals surface area contributed by atoms with E-state index in [4.69, 9.17) is 26.1 Å². The van der Waals surface area contributed by atoms with Crippen LogP contribution in [0.1, 0.15) is 5.56 Å². The second kappa shape index (κ2) is 10.6. The van der Waals surface area contributed by atoms with Gasteiger partial charge < -0.3 is 14.5 Å². The smallest absolute Gasteiger partial charge is 0.455 e. The number of nitrogens with zero attached hydrogens (tertiary/aromatic N) is 5. The number of benzene rings is 2. The summed E-state index contributed by atoms with van der Waals surface area (Å²) in [6, 6.07) is 12.3. The number of phosphoric ester groups is 1. The van der Waals surface area contributed by atoms with E-state index in [2.05, 4.69) is 14.0 Å². The molecule has 2 aromatic carbocycles. The summed E-state index contributed by atoms with van der Waals surface area (Å²) in [7, 11) is -7.33. The van der Waals surface area contributed by atoms with Crippen LogP contribution >= 0.6 is 30.8 Å². The molecule has 2 N–H and O–H groups in total. The number of halogens is 1. The van der Waals surface area contributed by atoms with Gasteiger partial charge in [-0.05, 0) is 42.5 Å². The van der Waals surface area contributed by atoms with Gasteiger partial charge in [0.05, 0.1) is 16.2 Å². The first kappa shape index (κ1) is 26.8. The van der Waals surface area contributed by atoms with Gasteiger partial charge in [-0.15, -0.1) is 15.7 Å². The highest BCUT2D eigenvalue weighted by atomic mass is 35.5. The second-order valence-electron chi connectivity index (χ2n) is 7.32. The largest absolute Gasteiger partial charge is 0.471 e. The minimum absolute atomic E-state index is 0.0638. The summed E-state index contributed by atoms with van der Waals surface area (Å²) in [5.74, 6) is 0.475. The fourth-order valence-electron chi connectivity index (χ4n) is 3.16. The Morgan fingerprint density at radius 2 is 1.97 bits per heavy atom. The summed E-state index contributed by atoms with van der Waals surface area (Å²) in [5.41, 5.74) is 1.26. The third kappa shape index (κ3) is 6.35. The molecule has 4 rings (SSSR count). The standard InChI is InChI=1S/C21H17ClN5O7PS2/c1-26-18(6-7-24-26)17-11-15(22)2-4-20(17)34-19-5-3-16(10-14(19)12-23)37(31,32)25-21-27(8-9-36-21)13-33-35(28,29)30/h2-11H,13H2,1H3,(H2,28,29,30)/b25-21-. The molecular formula is C21H17ClN5O7PS2. The van der Waals surface area contributed by atoms with Crippen LogP contribution in [-0.2, 0) is 32.9 Å². The fraction of sp³-hybridized carbons (Fsp3) is 0.0952. The third-order valence-corrected chi connectivity index (χ3v) is 7.71. The van der Waals surface area contributed by atoms with Crippen molar-refractivity contribution in [1.29, 1.82) is 5.26 Å². The van der Waals surface area contributed by atoms with Crippen molar-refractivity contribution in [1.82, 2.24) is 14.3 Å². The molecule has 0 aliphatic rings. The lowest BCUT2D eigenvalue weighted by molar-refractivity contribution is 0.152. The Hall–Kier alpha value is -3.28. The van der Waals surface area contributed by atoms with Crippen molar-refractivity contribution in [2.24, 2.45) is 11.4 Å². The molecule has 2 heterocycles. The van der Waals surface area contributed by atoms with E-state index in [0.717, 1.165) is 22.0 Å². The molecule has 0 unspecified atom stereocenters. The SMILES string of the molecule is Cn1nccc1-c1cc(Cl)ccc1Oc1ccc(S(=O)(=O)/N=c2\sccn2COP(=O)(O)O)cc1C#N. The van der Waals surface area contributed by atoms with Gasteiger partial charge in [-0.25, -0.2) is 4.57 Å². The van der Waals surface area contributed by atoms with Crippen LogP contribution in [0, 0.1) is 11.3 Å². The van der Waals surface area contributed by atoms with Gasteiger partial charge in [-0.1, -0.05) is 11.6 Å². The number of phosphoric acid groups is 1. The number of hydrogen-bond acceptors (Lipinski definition) is 8. The van der Waals surface area contributed by atoms with Crippen molar-refractivity contribution < 1.29 is 32.0 Å². The van der Waals surface area contributed by atoms with Gasteiger partial charge in [0, 0.05) is 35.4 Å². The Morgan fingerprint density at radius 3 is 2.65 bits per heavy atom. The molecule has 4 aromatic rings. The van der Waals surface area contributed by atoms with Gasteiger partial charge in [0.2, 0.25) is 4.80 Å². The number of nitriles is 1. The minimum atomic E-state index is -4.78. The maximum Gasteiger partial charge on any atom is 0.471 e. The Morgan fingerprint density at radius 1 is 1.22 bits per heavy atom.